The minimum Gasteiger partial charge on any atom is -0.392 e. The quantitative estimate of drug-likeness (QED) is 0.387. The SMILES string of the molecule is CCCCCCC(O)CN(CC(C)O)c1ccc(S(=O)(=O)O)c2ccccc12. The molecule has 6 nitrogen and oxygen atoms in total. The molecule has 0 aliphatic carbocycles. The van der Waals surface area contributed by atoms with Crippen molar-refractivity contribution in [3.05, 3.63) is 36.4 Å². The van der Waals surface area contributed by atoms with Gasteiger partial charge in [-0.1, -0.05) is 56.9 Å². The predicted molar refractivity (Wildman–Crippen MR) is 112 cm³/mol. The van der Waals surface area contributed by atoms with Crippen LogP contribution < -0.4 is 4.90 Å². The van der Waals surface area contributed by atoms with Gasteiger partial charge in [-0.15, -0.1) is 0 Å². The number of hydrogen-bond acceptors (Lipinski definition) is 5. The van der Waals surface area contributed by atoms with E-state index in [1.54, 1.807) is 37.3 Å². The first-order valence-corrected chi connectivity index (χ1v) is 11.3. The summed E-state index contributed by atoms with van der Waals surface area (Å²) in [4.78, 5) is 1.73. The minimum absolute atomic E-state index is 0.149. The van der Waals surface area contributed by atoms with Gasteiger partial charge in [0.25, 0.3) is 10.1 Å². The summed E-state index contributed by atoms with van der Waals surface area (Å²) < 4.78 is 33.0. The summed E-state index contributed by atoms with van der Waals surface area (Å²) in [6, 6.07) is 9.92. The maximum Gasteiger partial charge on any atom is 0.295 e. The number of rotatable bonds is 11. The van der Waals surface area contributed by atoms with E-state index in [4.69, 9.17) is 0 Å². The molecular weight excluding hydrogens is 378 g/mol. The van der Waals surface area contributed by atoms with Crippen LogP contribution >= 0.6 is 0 Å². The number of aliphatic hydroxyl groups is 2. The molecule has 2 rings (SSSR count). The molecule has 2 aromatic rings. The van der Waals surface area contributed by atoms with E-state index in [9.17, 15) is 23.2 Å². The van der Waals surface area contributed by atoms with Gasteiger partial charge in [0, 0.05) is 29.5 Å². The van der Waals surface area contributed by atoms with Gasteiger partial charge in [-0.05, 0) is 25.5 Å². The number of benzene rings is 2. The summed E-state index contributed by atoms with van der Waals surface area (Å²) in [6.45, 7) is 4.46. The van der Waals surface area contributed by atoms with Gasteiger partial charge in [-0.3, -0.25) is 4.55 Å². The largest absolute Gasteiger partial charge is 0.392 e. The van der Waals surface area contributed by atoms with Crippen LogP contribution in [0.2, 0.25) is 0 Å². The molecule has 0 bridgehead atoms. The normalized spacial score (nSPS) is 14.2. The zero-order chi connectivity index (χ0) is 20.7. The van der Waals surface area contributed by atoms with Crippen molar-refractivity contribution in [2.24, 2.45) is 0 Å². The van der Waals surface area contributed by atoms with Crippen LogP contribution in [-0.2, 0) is 10.1 Å². The summed E-state index contributed by atoms with van der Waals surface area (Å²) >= 11 is 0. The van der Waals surface area contributed by atoms with Crippen LogP contribution in [0.25, 0.3) is 10.8 Å². The zero-order valence-electron chi connectivity index (χ0n) is 16.6. The third-order valence-corrected chi connectivity index (χ3v) is 5.70. The van der Waals surface area contributed by atoms with Crippen LogP contribution in [0, 0.1) is 0 Å². The molecule has 0 heterocycles. The Kier molecular flexibility index (Phi) is 8.24. The van der Waals surface area contributed by atoms with E-state index >= 15 is 0 Å². The maximum absolute atomic E-state index is 11.7. The van der Waals surface area contributed by atoms with E-state index in [-0.39, 0.29) is 4.90 Å². The molecule has 0 aromatic heterocycles. The monoisotopic (exact) mass is 409 g/mol. The van der Waals surface area contributed by atoms with Gasteiger partial charge >= 0.3 is 0 Å². The fourth-order valence-corrected chi connectivity index (χ4v) is 4.19. The Morgan fingerprint density at radius 2 is 1.64 bits per heavy atom. The molecule has 0 fully saturated rings. The Bertz CT molecular complexity index is 866. The van der Waals surface area contributed by atoms with E-state index in [1.807, 2.05) is 4.90 Å². The summed E-state index contributed by atoms with van der Waals surface area (Å²) in [7, 11) is -4.35. The molecule has 7 heteroatoms. The molecule has 28 heavy (non-hydrogen) atoms. The Morgan fingerprint density at radius 1 is 0.964 bits per heavy atom. The number of anilines is 1. The molecule has 3 N–H and O–H groups in total. The van der Waals surface area contributed by atoms with E-state index in [1.165, 1.54) is 6.07 Å². The topological polar surface area (TPSA) is 98.1 Å². The summed E-state index contributed by atoms with van der Waals surface area (Å²) in [5.74, 6) is 0. The van der Waals surface area contributed by atoms with E-state index < -0.39 is 22.3 Å². The van der Waals surface area contributed by atoms with E-state index in [2.05, 4.69) is 6.92 Å². The Hall–Kier alpha value is -1.67. The molecule has 2 aromatic carbocycles. The Morgan fingerprint density at radius 3 is 2.25 bits per heavy atom. The van der Waals surface area contributed by atoms with Crippen molar-refractivity contribution in [3.63, 3.8) is 0 Å². The first-order valence-electron chi connectivity index (χ1n) is 9.84. The second kappa shape index (κ2) is 10.2. The lowest BCUT2D eigenvalue weighted by molar-refractivity contribution is 0.156. The highest BCUT2D eigenvalue weighted by Gasteiger charge is 2.20. The lowest BCUT2D eigenvalue weighted by atomic mass is 10.1. The van der Waals surface area contributed by atoms with Crippen LogP contribution in [-0.4, -0.2) is 48.5 Å². The molecule has 0 saturated carbocycles. The molecule has 156 valence electrons. The van der Waals surface area contributed by atoms with Gasteiger partial charge in [0.2, 0.25) is 0 Å². The molecule has 0 saturated heterocycles. The summed E-state index contributed by atoms with van der Waals surface area (Å²) in [6.07, 6.45) is 3.82. The number of aliphatic hydroxyl groups excluding tert-OH is 2. The summed E-state index contributed by atoms with van der Waals surface area (Å²) in [5, 5.41) is 21.5. The maximum atomic E-state index is 11.7. The van der Waals surface area contributed by atoms with E-state index in [0.717, 1.165) is 31.4 Å². The van der Waals surface area contributed by atoms with Crippen LogP contribution in [0.5, 0.6) is 0 Å². The second-order valence-corrected chi connectivity index (χ2v) is 8.75. The summed E-state index contributed by atoms with van der Waals surface area (Å²) in [5.41, 5.74) is 0.719. The van der Waals surface area contributed by atoms with Gasteiger partial charge in [0.15, 0.2) is 0 Å². The van der Waals surface area contributed by atoms with Gasteiger partial charge in [-0.2, -0.15) is 8.42 Å². The first-order chi connectivity index (χ1) is 13.2. The van der Waals surface area contributed by atoms with Gasteiger partial charge in [0.05, 0.1) is 12.2 Å². The van der Waals surface area contributed by atoms with Crippen LogP contribution in [0.15, 0.2) is 41.3 Å². The smallest absolute Gasteiger partial charge is 0.295 e. The highest BCUT2D eigenvalue weighted by molar-refractivity contribution is 7.86. The number of hydrogen-bond donors (Lipinski definition) is 3. The van der Waals surface area contributed by atoms with Crippen molar-refractivity contribution < 1.29 is 23.2 Å². The number of unbranched alkanes of at least 4 members (excludes halogenated alkanes) is 3. The van der Waals surface area contributed by atoms with Crippen molar-refractivity contribution >= 4 is 26.6 Å². The molecule has 0 aliphatic rings. The molecular formula is C21H31NO5S. The van der Waals surface area contributed by atoms with Crippen LogP contribution in [0.1, 0.15) is 46.0 Å². The molecule has 0 amide bonds. The average Bonchev–Trinajstić information content (AvgIpc) is 2.62. The van der Waals surface area contributed by atoms with Gasteiger partial charge < -0.3 is 15.1 Å². The fraction of sp³-hybridized carbons (Fsp3) is 0.524. The van der Waals surface area contributed by atoms with Crippen molar-refractivity contribution in [2.45, 2.75) is 63.1 Å². The Balaban J connectivity index is 2.35. The lowest BCUT2D eigenvalue weighted by Crippen LogP contribution is -2.37. The molecule has 2 unspecified atom stereocenters. The fourth-order valence-electron chi connectivity index (χ4n) is 3.50. The third kappa shape index (κ3) is 6.17. The first kappa shape index (κ1) is 22.6. The highest BCUT2D eigenvalue weighted by atomic mass is 32.2. The molecule has 0 radical (unpaired) electrons. The van der Waals surface area contributed by atoms with Gasteiger partial charge in [-0.25, -0.2) is 0 Å². The zero-order valence-corrected chi connectivity index (χ0v) is 17.4. The standard InChI is InChI=1S/C21H31NO5S/c1-3-4-5-6-9-17(24)15-22(14-16(2)23)20-12-13-21(28(25,26)27)19-11-8-7-10-18(19)20/h7-8,10-13,16-17,23-24H,3-6,9,14-15H2,1-2H3,(H,25,26,27). The highest BCUT2D eigenvalue weighted by Crippen LogP contribution is 2.32. The number of nitrogens with zero attached hydrogens (tertiary/aromatic N) is 1. The molecule has 2 atom stereocenters. The third-order valence-electron chi connectivity index (χ3n) is 4.79. The Labute approximate surface area is 167 Å². The second-order valence-electron chi connectivity index (χ2n) is 7.36. The van der Waals surface area contributed by atoms with Crippen molar-refractivity contribution in [3.8, 4) is 0 Å². The lowest BCUT2D eigenvalue weighted by Gasteiger charge is -2.30. The van der Waals surface area contributed by atoms with Crippen LogP contribution in [0.3, 0.4) is 0 Å². The average molecular weight is 410 g/mol. The van der Waals surface area contributed by atoms with Crippen LogP contribution in [0.4, 0.5) is 5.69 Å². The van der Waals surface area contributed by atoms with Crippen molar-refractivity contribution in [2.75, 3.05) is 18.0 Å². The van der Waals surface area contributed by atoms with Crippen molar-refractivity contribution in [1.29, 1.82) is 0 Å². The molecule has 0 spiro atoms. The van der Waals surface area contributed by atoms with Crippen molar-refractivity contribution in [1.82, 2.24) is 0 Å². The predicted octanol–water partition coefficient (Wildman–Crippen LogP) is 3.61. The van der Waals surface area contributed by atoms with Gasteiger partial charge in [0.1, 0.15) is 4.90 Å². The molecule has 0 aliphatic heterocycles. The number of fused-ring (bicyclic) bond motifs is 1. The minimum atomic E-state index is -4.35. The van der Waals surface area contributed by atoms with E-state index in [0.29, 0.717) is 30.3 Å².